The third-order valence-corrected chi connectivity index (χ3v) is 7.18. The number of aryl methyl sites for hydroxylation is 2. The van der Waals surface area contributed by atoms with Gasteiger partial charge < -0.3 is 10.4 Å². The molecule has 142 valence electrons. The summed E-state index contributed by atoms with van der Waals surface area (Å²) in [7, 11) is -3.48. The highest BCUT2D eigenvalue weighted by Gasteiger charge is 2.27. The van der Waals surface area contributed by atoms with Gasteiger partial charge in [0.2, 0.25) is 5.91 Å². The molecule has 1 saturated carbocycles. The van der Waals surface area contributed by atoms with Gasteiger partial charge in [-0.3, -0.25) is 9.59 Å². The Kier molecular flexibility index (Phi) is 5.65. The van der Waals surface area contributed by atoms with Gasteiger partial charge in [-0.15, -0.1) is 0 Å². The number of carboxylic acids is 1. The number of benzene rings is 1. The first-order chi connectivity index (χ1) is 12.3. The van der Waals surface area contributed by atoms with Crippen LogP contribution < -0.4 is 5.32 Å². The van der Waals surface area contributed by atoms with Crippen LogP contribution in [0.1, 0.15) is 49.7 Å². The molecule has 7 heteroatoms. The highest BCUT2D eigenvalue weighted by atomic mass is 32.2. The maximum Gasteiger partial charge on any atom is 0.306 e. The van der Waals surface area contributed by atoms with Gasteiger partial charge in [-0.05, 0) is 68.2 Å². The number of sulfone groups is 1. The maximum atomic E-state index is 12.5. The molecule has 0 bridgehead atoms. The predicted octanol–water partition coefficient (Wildman–Crippen LogP) is 2.10. The number of rotatable bonds is 6. The average Bonchev–Trinajstić information content (AvgIpc) is 3.08. The molecule has 0 unspecified atom stereocenters. The first-order valence-electron chi connectivity index (χ1n) is 9.22. The van der Waals surface area contributed by atoms with Crippen LogP contribution in [-0.2, 0) is 32.3 Å². The molecule has 1 aromatic carbocycles. The lowest BCUT2D eigenvalue weighted by Gasteiger charge is -2.26. The Labute approximate surface area is 153 Å². The Balaban J connectivity index is 1.50. The van der Waals surface area contributed by atoms with E-state index in [1.807, 2.05) is 6.07 Å². The predicted molar refractivity (Wildman–Crippen MR) is 96.7 cm³/mol. The van der Waals surface area contributed by atoms with E-state index in [4.69, 9.17) is 5.11 Å². The van der Waals surface area contributed by atoms with Crippen LogP contribution in [0.15, 0.2) is 23.1 Å². The summed E-state index contributed by atoms with van der Waals surface area (Å²) in [4.78, 5) is 23.3. The molecule has 0 aromatic heterocycles. The summed E-state index contributed by atoms with van der Waals surface area (Å²) >= 11 is 0. The second-order valence-corrected chi connectivity index (χ2v) is 9.42. The third kappa shape index (κ3) is 4.44. The standard InChI is InChI=1S/C19H25NO5S/c21-18(20-16-7-4-14(5-8-16)19(22)23)10-11-26(24,25)17-9-6-13-2-1-3-15(13)12-17/h6,9,12,14,16H,1-5,7-8,10-11H2,(H,20,21)(H,22,23). The van der Waals surface area contributed by atoms with Gasteiger partial charge in [0, 0.05) is 12.5 Å². The fourth-order valence-corrected chi connectivity index (χ4v) is 5.16. The summed E-state index contributed by atoms with van der Waals surface area (Å²) in [5.74, 6) is -1.60. The lowest BCUT2D eigenvalue weighted by molar-refractivity contribution is -0.142. The van der Waals surface area contributed by atoms with Crippen LogP contribution in [0.25, 0.3) is 0 Å². The first-order valence-corrected chi connectivity index (χ1v) is 10.9. The Bertz CT molecular complexity index is 794. The zero-order valence-corrected chi connectivity index (χ0v) is 15.6. The van der Waals surface area contributed by atoms with Crippen molar-refractivity contribution in [3.05, 3.63) is 29.3 Å². The summed E-state index contributed by atoms with van der Waals surface area (Å²) in [6.07, 6.45) is 5.26. The van der Waals surface area contributed by atoms with Crippen molar-refractivity contribution < 1.29 is 23.1 Å². The van der Waals surface area contributed by atoms with Crippen LogP contribution >= 0.6 is 0 Å². The monoisotopic (exact) mass is 379 g/mol. The highest BCUT2D eigenvalue weighted by molar-refractivity contribution is 7.91. The smallest absolute Gasteiger partial charge is 0.306 e. The van der Waals surface area contributed by atoms with E-state index in [1.165, 1.54) is 5.56 Å². The van der Waals surface area contributed by atoms with E-state index in [0.29, 0.717) is 30.6 Å². The van der Waals surface area contributed by atoms with E-state index in [2.05, 4.69) is 5.32 Å². The lowest BCUT2D eigenvalue weighted by Crippen LogP contribution is -2.39. The second-order valence-electron chi connectivity index (χ2n) is 7.31. The Morgan fingerprint density at radius 1 is 1.08 bits per heavy atom. The minimum atomic E-state index is -3.48. The van der Waals surface area contributed by atoms with E-state index >= 15 is 0 Å². The van der Waals surface area contributed by atoms with Gasteiger partial charge in [0.25, 0.3) is 0 Å². The molecule has 0 saturated heterocycles. The Morgan fingerprint density at radius 2 is 1.77 bits per heavy atom. The molecule has 1 amide bonds. The van der Waals surface area contributed by atoms with Gasteiger partial charge in [0.05, 0.1) is 16.6 Å². The number of carboxylic acid groups (broad SMARTS) is 1. The van der Waals surface area contributed by atoms with E-state index in [9.17, 15) is 18.0 Å². The van der Waals surface area contributed by atoms with Gasteiger partial charge in [0.1, 0.15) is 0 Å². The van der Waals surface area contributed by atoms with E-state index in [0.717, 1.165) is 24.8 Å². The second kappa shape index (κ2) is 7.78. The molecule has 2 N–H and O–H groups in total. The quantitative estimate of drug-likeness (QED) is 0.788. The van der Waals surface area contributed by atoms with Crippen LogP contribution in [0.2, 0.25) is 0 Å². The minimum Gasteiger partial charge on any atom is -0.481 e. The molecule has 3 rings (SSSR count). The fourth-order valence-electron chi connectivity index (χ4n) is 3.87. The number of hydrogen-bond acceptors (Lipinski definition) is 4. The molecule has 26 heavy (non-hydrogen) atoms. The number of nitrogens with one attached hydrogen (secondary N) is 1. The topological polar surface area (TPSA) is 101 Å². The Morgan fingerprint density at radius 3 is 2.46 bits per heavy atom. The maximum absolute atomic E-state index is 12.5. The van der Waals surface area contributed by atoms with Crippen molar-refractivity contribution >= 4 is 21.7 Å². The van der Waals surface area contributed by atoms with Gasteiger partial charge in [-0.25, -0.2) is 8.42 Å². The molecule has 0 radical (unpaired) electrons. The molecule has 0 spiro atoms. The number of carbonyl (C=O) groups excluding carboxylic acids is 1. The lowest BCUT2D eigenvalue weighted by atomic mass is 9.86. The van der Waals surface area contributed by atoms with Crippen molar-refractivity contribution in [2.75, 3.05) is 5.75 Å². The van der Waals surface area contributed by atoms with Crippen LogP contribution in [-0.4, -0.2) is 37.2 Å². The molecular formula is C19H25NO5S. The molecule has 2 aliphatic carbocycles. The molecule has 2 aliphatic rings. The van der Waals surface area contributed by atoms with Gasteiger partial charge in [-0.1, -0.05) is 6.07 Å². The van der Waals surface area contributed by atoms with Crippen molar-refractivity contribution in [1.82, 2.24) is 5.32 Å². The summed E-state index contributed by atoms with van der Waals surface area (Å²) in [6.45, 7) is 0. The van der Waals surface area contributed by atoms with Crippen LogP contribution in [0.4, 0.5) is 0 Å². The van der Waals surface area contributed by atoms with Crippen LogP contribution in [0, 0.1) is 5.92 Å². The van der Waals surface area contributed by atoms with E-state index in [1.54, 1.807) is 12.1 Å². The Hall–Kier alpha value is -1.89. The van der Waals surface area contributed by atoms with Crippen molar-refractivity contribution in [3.63, 3.8) is 0 Å². The van der Waals surface area contributed by atoms with Crippen molar-refractivity contribution in [3.8, 4) is 0 Å². The summed E-state index contributed by atoms with van der Waals surface area (Å²) in [5, 5.41) is 11.8. The largest absolute Gasteiger partial charge is 0.481 e. The molecule has 0 heterocycles. The molecule has 1 fully saturated rings. The molecule has 0 aliphatic heterocycles. The first kappa shape index (κ1) is 18.9. The zero-order chi connectivity index (χ0) is 18.7. The zero-order valence-electron chi connectivity index (χ0n) is 14.7. The third-order valence-electron chi connectivity index (χ3n) is 5.47. The summed E-state index contributed by atoms with van der Waals surface area (Å²) in [6, 6.07) is 5.23. The van der Waals surface area contributed by atoms with Crippen LogP contribution in [0.5, 0.6) is 0 Å². The summed E-state index contributed by atoms with van der Waals surface area (Å²) < 4.78 is 25.0. The number of hydrogen-bond donors (Lipinski definition) is 2. The average molecular weight is 379 g/mol. The molecule has 0 atom stereocenters. The molecular weight excluding hydrogens is 354 g/mol. The van der Waals surface area contributed by atoms with Gasteiger partial charge in [-0.2, -0.15) is 0 Å². The molecule has 6 nitrogen and oxygen atoms in total. The normalized spacial score (nSPS) is 22.6. The SMILES string of the molecule is O=C(CCS(=O)(=O)c1ccc2c(c1)CCC2)NC1CCC(C(=O)O)CC1. The number of fused-ring (bicyclic) bond motifs is 1. The minimum absolute atomic E-state index is 0.0548. The van der Waals surface area contributed by atoms with E-state index < -0.39 is 15.8 Å². The van der Waals surface area contributed by atoms with Gasteiger partial charge in [0.15, 0.2) is 9.84 Å². The number of carbonyl (C=O) groups is 2. The van der Waals surface area contributed by atoms with Crippen molar-refractivity contribution in [2.45, 2.75) is 62.3 Å². The van der Waals surface area contributed by atoms with E-state index in [-0.39, 0.29) is 30.0 Å². The van der Waals surface area contributed by atoms with Gasteiger partial charge >= 0.3 is 5.97 Å². The van der Waals surface area contributed by atoms with Crippen molar-refractivity contribution in [1.29, 1.82) is 0 Å². The number of amides is 1. The van der Waals surface area contributed by atoms with Crippen LogP contribution in [0.3, 0.4) is 0 Å². The number of aliphatic carboxylic acids is 1. The fraction of sp³-hybridized carbons (Fsp3) is 0.579. The van der Waals surface area contributed by atoms with Crippen molar-refractivity contribution in [2.24, 2.45) is 5.92 Å². The summed E-state index contributed by atoms with van der Waals surface area (Å²) in [5.41, 5.74) is 2.32. The molecule has 1 aromatic rings. The highest BCUT2D eigenvalue weighted by Crippen LogP contribution is 2.26.